The predicted molar refractivity (Wildman–Crippen MR) is 165 cm³/mol. The van der Waals surface area contributed by atoms with Crippen LogP contribution in [-0.2, 0) is 15.0 Å². The molecule has 1 amide bonds. The highest BCUT2D eigenvalue weighted by Gasteiger charge is 2.71. The molecule has 3 aliphatic rings. The number of methoxy groups -OCH3 is 3. The van der Waals surface area contributed by atoms with Gasteiger partial charge < -0.3 is 24.4 Å². The van der Waals surface area contributed by atoms with Crippen molar-refractivity contribution in [3.63, 3.8) is 0 Å². The molecule has 4 atom stereocenters. The minimum atomic E-state index is -1.39. The number of nitrogens with one attached hydrogen (secondary N) is 1. The van der Waals surface area contributed by atoms with Crippen molar-refractivity contribution in [1.29, 1.82) is 0 Å². The lowest BCUT2D eigenvalue weighted by molar-refractivity contribution is -0.128. The van der Waals surface area contributed by atoms with Gasteiger partial charge in [-0.05, 0) is 42.3 Å². The number of para-hydroxylation sites is 2. The first-order valence-corrected chi connectivity index (χ1v) is 14.4. The third-order valence-electron chi connectivity index (χ3n) is 9.12. The van der Waals surface area contributed by atoms with E-state index in [9.17, 15) is 9.59 Å². The van der Waals surface area contributed by atoms with E-state index in [2.05, 4.69) is 11.4 Å². The van der Waals surface area contributed by atoms with E-state index in [-0.39, 0.29) is 23.0 Å². The third kappa shape index (κ3) is 3.92. The molecule has 1 fully saturated rings. The number of ketones is 2. The summed E-state index contributed by atoms with van der Waals surface area (Å²) in [5, 5.41) is 3.07. The number of benzene rings is 3. The molecule has 0 saturated carbocycles. The van der Waals surface area contributed by atoms with E-state index >= 15 is 4.79 Å². The zero-order valence-corrected chi connectivity index (χ0v) is 25.5. The molecular formula is C35H36N2O6. The average Bonchev–Trinajstić information content (AvgIpc) is 3.47. The summed E-state index contributed by atoms with van der Waals surface area (Å²) in [6.07, 6.45) is 2.05. The van der Waals surface area contributed by atoms with Crippen molar-refractivity contribution in [2.24, 2.45) is 11.3 Å². The SMILES string of the molecule is COc1cc(C(=O)[C@@H]2[C@H](C(=O)C(C)(C)C)N3c4ccccc4C(C)=C[C@H]3[C@]23C(=O)Nc2ccccc23)cc(OC)c1OC. The fourth-order valence-corrected chi connectivity index (χ4v) is 7.23. The van der Waals surface area contributed by atoms with Gasteiger partial charge >= 0.3 is 0 Å². The second kappa shape index (κ2) is 10.0. The van der Waals surface area contributed by atoms with Crippen LogP contribution in [0.15, 0.2) is 66.7 Å². The molecule has 3 aromatic carbocycles. The maximum absolute atomic E-state index is 15.1. The van der Waals surface area contributed by atoms with Crippen LogP contribution in [-0.4, -0.2) is 50.9 Å². The lowest BCUT2D eigenvalue weighted by Crippen LogP contribution is -2.51. The lowest BCUT2D eigenvalue weighted by Gasteiger charge is -2.39. The summed E-state index contributed by atoms with van der Waals surface area (Å²) in [5.41, 5.74) is 2.17. The number of hydrogen-bond donors (Lipinski definition) is 1. The number of carbonyl (C=O) groups excluding carboxylic acids is 3. The molecular weight excluding hydrogens is 544 g/mol. The summed E-state index contributed by atoms with van der Waals surface area (Å²) < 4.78 is 16.7. The van der Waals surface area contributed by atoms with E-state index in [0.717, 1.165) is 16.8 Å². The van der Waals surface area contributed by atoms with Gasteiger partial charge in [-0.25, -0.2) is 0 Å². The quantitative estimate of drug-likeness (QED) is 0.375. The largest absolute Gasteiger partial charge is 0.493 e. The van der Waals surface area contributed by atoms with Crippen LogP contribution in [0.2, 0.25) is 0 Å². The first-order chi connectivity index (χ1) is 20.5. The number of amides is 1. The highest BCUT2D eigenvalue weighted by molar-refractivity contribution is 6.17. The number of allylic oxidation sites excluding steroid dienone is 1. The number of nitrogens with zero attached hydrogens (tertiary/aromatic N) is 1. The molecule has 0 radical (unpaired) electrons. The first kappa shape index (κ1) is 28.5. The minimum Gasteiger partial charge on any atom is -0.493 e. The smallest absolute Gasteiger partial charge is 0.238 e. The Kier molecular flexibility index (Phi) is 6.64. The lowest BCUT2D eigenvalue weighted by atomic mass is 9.63. The van der Waals surface area contributed by atoms with Crippen molar-refractivity contribution in [3.05, 3.63) is 83.4 Å². The second-order valence-corrected chi connectivity index (χ2v) is 12.4. The Labute approximate surface area is 251 Å². The Morgan fingerprint density at radius 2 is 1.53 bits per heavy atom. The van der Waals surface area contributed by atoms with Gasteiger partial charge in [0.1, 0.15) is 11.5 Å². The van der Waals surface area contributed by atoms with E-state index < -0.39 is 28.8 Å². The van der Waals surface area contributed by atoms with Gasteiger partial charge in [0.15, 0.2) is 23.1 Å². The molecule has 3 aliphatic heterocycles. The Morgan fingerprint density at radius 1 is 0.907 bits per heavy atom. The number of anilines is 2. The van der Waals surface area contributed by atoms with Crippen LogP contribution in [0, 0.1) is 11.3 Å². The molecule has 3 heterocycles. The second-order valence-electron chi connectivity index (χ2n) is 12.4. The fourth-order valence-electron chi connectivity index (χ4n) is 7.23. The molecule has 0 unspecified atom stereocenters. The predicted octanol–water partition coefficient (Wildman–Crippen LogP) is 5.69. The topological polar surface area (TPSA) is 94.2 Å². The van der Waals surface area contributed by atoms with Crippen LogP contribution >= 0.6 is 0 Å². The van der Waals surface area contributed by atoms with Gasteiger partial charge in [-0.2, -0.15) is 0 Å². The van der Waals surface area contributed by atoms with Crippen LogP contribution in [0.4, 0.5) is 11.4 Å². The van der Waals surface area contributed by atoms with Crippen LogP contribution in [0.25, 0.3) is 5.57 Å². The molecule has 6 rings (SSSR count). The Bertz CT molecular complexity index is 1680. The Morgan fingerprint density at radius 3 is 2.16 bits per heavy atom. The molecule has 8 nitrogen and oxygen atoms in total. The number of fused-ring (bicyclic) bond motifs is 6. The zero-order chi connectivity index (χ0) is 30.8. The molecule has 222 valence electrons. The van der Waals surface area contributed by atoms with Crippen molar-refractivity contribution in [3.8, 4) is 17.2 Å². The Hall–Kier alpha value is -4.59. The van der Waals surface area contributed by atoms with E-state index in [1.165, 1.54) is 21.3 Å². The normalized spacial score (nSPS) is 23.6. The highest BCUT2D eigenvalue weighted by Crippen LogP contribution is 2.59. The standard InChI is InChI=1S/C35H36N2O6/c1-19-16-27-35(22-13-9-10-14-23(22)36-33(35)40)28(30(38)20-17-25(41-5)31(43-7)26(18-20)42-6)29(32(39)34(2,3)4)37(27)24-15-11-8-12-21(19)24/h8-18,27-29H,1-7H3,(H,36,40)/t27-,28-,29+,35-/m0/s1. The van der Waals surface area contributed by atoms with Gasteiger partial charge in [0.25, 0.3) is 0 Å². The number of Topliss-reactive ketones (excluding diaryl/α,β-unsaturated/α-hetero) is 2. The number of ether oxygens (including phenoxy) is 3. The van der Waals surface area contributed by atoms with E-state index in [4.69, 9.17) is 14.2 Å². The van der Waals surface area contributed by atoms with E-state index in [0.29, 0.717) is 28.5 Å². The summed E-state index contributed by atoms with van der Waals surface area (Å²) in [6, 6.07) is 17.0. The van der Waals surface area contributed by atoms with Crippen molar-refractivity contribution in [2.45, 2.75) is 45.2 Å². The van der Waals surface area contributed by atoms with Crippen molar-refractivity contribution >= 4 is 34.4 Å². The number of rotatable bonds is 6. The van der Waals surface area contributed by atoms with Gasteiger partial charge in [0, 0.05) is 27.9 Å². The van der Waals surface area contributed by atoms with Crippen molar-refractivity contribution in [2.75, 3.05) is 31.5 Å². The number of hydrogen-bond acceptors (Lipinski definition) is 7. The van der Waals surface area contributed by atoms with E-state index in [1.54, 1.807) is 12.1 Å². The van der Waals surface area contributed by atoms with Crippen molar-refractivity contribution < 1.29 is 28.6 Å². The van der Waals surface area contributed by atoms with Crippen molar-refractivity contribution in [1.82, 2.24) is 0 Å². The summed E-state index contributed by atoms with van der Waals surface area (Å²) >= 11 is 0. The first-order valence-electron chi connectivity index (χ1n) is 14.4. The van der Waals surface area contributed by atoms with Gasteiger partial charge in [0.05, 0.1) is 33.3 Å². The molecule has 0 aromatic heterocycles. The van der Waals surface area contributed by atoms with Gasteiger partial charge in [-0.1, -0.05) is 63.2 Å². The van der Waals surface area contributed by atoms with Crippen LogP contribution in [0.1, 0.15) is 49.2 Å². The Balaban J connectivity index is 1.70. The zero-order valence-electron chi connectivity index (χ0n) is 25.5. The third-order valence-corrected chi connectivity index (χ3v) is 9.12. The summed E-state index contributed by atoms with van der Waals surface area (Å²) in [7, 11) is 4.47. The van der Waals surface area contributed by atoms with Crippen LogP contribution < -0.4 is 24.4 Å². The summed E-state index contributed by atoms with van der Waals surface area (Å²) in [4.78, 5) is 46.4. The molecule has 43 heavy (non-hydrogen) atoms. The molecule has 0 aliphatic carbocycles. The van der Waals surface area contributed by atoms with Crippen LogP contribution in [0.3, 0.4) is 0 Å². The average molecular weight is 581 g/mol. The molecule has 1 saturated heterocycles. The summed E-state index contributed by atoms with van der Waals surface area (Å²) in [5.74, 6) is -0.893. The highest BCUT2D eigenvalue weighted by atomic mass is 16.5. The molecule has 1 spiro atoms. The summed E-state index contributed by atoms with van der Waals surface area (Å²) in [6.45, 7) is 7.58. The van der Waals surface area contributed by atoms with Gasteiger partial charge in [0.2, 0.25) is 11.7 Å². The monoisotopic (exact) mass is 580 g/mol. The van der Waals surface area contributed by atoms with Gasteiger partial charge in [-0.3, -0.25) is 14.4 Å². The molecule has 1 N–H and O–H groups in total. The maximum atomic E-state index is 15.1. The molecule has 0 bridgehead atoms. The van der Waals surface area contributed by atoms with Crippen LogP contribution in [0.5, 0.6) is 17.2 Å². The van der Waals surface area contributed by atoms with Gasteiger partial charge in [-0.15, -0.1) is 0 Å². The molecule has 8 heteroatoms. The number of carbonyl (C=O) groups is 3. The minimum absolute atomic E-state index is 0.125. The maximum Gasteiger partial charge on any atom is 0.238 e. The fraction of sp³-hybridized carbons (Fsp3) is 0.343. The molecule has 3 aromatic rings. The van der Waals surface area contributed by atoms with E-state index in [1.807, 2.05) is 81.1 Å².